The second-order valence-electron chi connectivity index (χ2n) is 5.49. The number of nitro benzene ring substituents is 1. The number of nitrogens with one attached hydrogen (secondary N) is 2. The van der Waals surface area contributed by atoms with Gasteiger partial charge in [-0.1, -0.05) is 17.7 Å². The van der Waals surface area contributed by atoms with E-state index in [2.05, 4.69) is 10.6 Å². The Morgan fingerprint density at radius 1 is 1.12 bits per heavy atom. The van der Waals surface area contributed by atoms with E-state index in [9.17, 15) is 19.7 Å². The van der Waals surface area contributed by atoms with Crippen molar-refractivity contribution in [3.63, 3.8) is 0 Å². The SMILES string of the molecule is COc1ccc([N+](=O)[O-])cc1NC(=O)C(=O)Nc1c(C)cc(C)cc1Cl. The number of amides is 2. The van der Waals surface area contributed by atoms with Crippen LogP contribution in [-0.2, 0) is 9.59 Å². The summed E-state index contributed by atoms with van der Waals surface area (Å²) in [6.07, 6.45) is 0. The molecule has 2 aromatic carbocycles. The molecule has 0 radical (unpaired) electrons. The maximum absolute atomic E-state index is 12.2. The summed E-state index contributed by atoms with van der Waals surface area (Å²) in [5.74, 6) is -1.80. The van der Waals surface area contributed by atoms with Gasteiger partial charge in [0.15, 0.2) is 0 Å². The molecule has 9 heteroatoms. The van der Waals surface area contributed by atoms with E-state index in [-0.39, 0.29) is 17.1 Å². The van der Waals surface area contributed by atoms with E-state index in [1.807, 2.05) is 13.0 Å². The average Bonchev–Trinajstić information content (AvgIpc) is 2.57. The summed E-state index contributed by atoms with van der Waals surface area (Å²) in [6.45, 7) is 3.60. The number of carbonyl (C=O) groups is 2. The van der Waals surface area contributed by atoms with Crippen LogP contribution in [0.2, 0.25) is 5.02 Å². The van der Waals surface area contributed by atoms with E-state index in [1.54, 1.807) is 13.0 Å². The minimum Gasteiger partial charge on any atom is -0.495 e. The molecule has 0 saturated carbocycles. The number of hydrogen-bond donors (Lipinski definition) is 2. The number of carbonyl (C=O) groups excluding carboxylic acids is 2. The average molecular weight is 378 g/mol. The summed E-state index contributed by atoms with van der Waals surface area (Å²) >= 11 is 6.11. The first-order valence-electron chi connectivity index (χ1n) is 7.44. The number of ether oxygens (including phenoxy) is 1. The zero-order chi connectivity index (χ0) is 19.4. The summed E-state index contributed by atoms with van der Waals surface area (Å²) < 4.78 is 5.04. The Balaban J connectivity index is 2.21. The molecule has 0 aromatic heterocycles. The quantitative estimate of drug-likeness (QED) is 0.481. The predicted molar refractivity (Wildman–Crippen MR) is 97.8 cm³/mol. The number of aryl methyl sites for hydroxylation is 2. The lowest BCUT2D eigenvalue weighted by Gasteiger charge is -2.12. The topological polar surface area (TPSA) is 111 Å². The lowest BCUT2D eigenvalue weighted by Crippen LogP contribution is -2.29. The number of hydrogen-bond acceptors (Lipinski definition) is 5. The van der Waals surface area contributed by atoms with Crippen molar-refractivity contribution in [2.45, 2.75) is 13.8 Å². The number of anilines is 2. The first-order chi connectivity index (χ1) is 12.2. The first-order valence-corrected chi connectivity index (χ1v) is 7.82. The van der Waals surface area contributed by atoms with Crippen LogP contribution >= 0.6 is 11.6 Å². The van der Waals surface area contributed by atoms with E-state index >= 15 is 0 Å². The Labute approximate surface area is 154 Å². The van der Waals surface area contributed by atoms with E-state index in [1.165, 1.54) is 19.2 Å². The van der Waals surface area contributed by atoms with E-state index in [4.69, 9.17) is 16.3 Å². The third-order valence-electron chi connectivity index (χ3n) is 3.52. The summed E-state index contributed by atoms with van der Waals surface area (Å²) in [5.41, 5.74) is 1.69. The van der Waals surface area contributed by atoms with Crippen LogP contribution in [0.15, 0.2) is 30.3 Å². The molecule has 0 bridgehead atoms. The van der Waals surface area contributed by atoms with Gasteiger partial charge in [-0.2, -0.15) is 0 Å². The molecule has 2 aromatic rings. The lowest BCUT2D eigenvalue weighted by molar-refractivity contribution is -0.384. The number of halogens is 1. The second kappa shape index (κ2) is 7.83. The van der Waals surface area contributed by atoms with Crippen molar-refractivity contribution < 1.29 is 19.2 Å². The molecular weight excluding hydrogens is 362 g/mol. The standard InChI is InChI=1S/C17H16ClN3O5/c1-9-6-10(2)15(12(18)7-9)20-17(23)16(22)19-13-8-11(21(24)25)4-5-14(13)26-3/h4-8H,1-3H3,(H,19,22)(H,20,23). The van der Waals surface area contributed by atoms with Gasteiger partial charge in [0.05, 0.1) is 28.4 Å². The maximum Gasteiger partial charge on any atom is 0.314 e. The van der Waals surface area contributed by atoms with Gasteiger partial charge in [-0.15, -0.1) is 0 Å². The molecule has 0 aliphatic rings. The minimum atomic E-state index is -1.01. The molecule has 0 heterocycles. The normalized spacial score (nSPS) is 10.2. The molecule has 136 valence electrons. The van der Waals surface area contributed by atoms with Crippen molar-refractivity contribution >= 4 is 40.5 Å². The maximum atomic E-state index is 12.2. The zero-order valence-electron chi connectivity index (χ0n) is 14.3. The Kier molecular flexibility index (Phi) is 5.78. The largest absolute Gasteiger partial charge is 0.495 e. The second-order valence-corrected chi connectivity index (χ2v) is 5.90. The lowest BCUT2D eigenvalue weighted by atomic mass is 10.1. The molecule has 2 rings (SSSR count). The van der Waals surface area contributed by atoms with Crippen molar-refractivity contribution in [2.24, 2.45) is 0 Å². The molecule has 0 aliphatic heterocycles. The highest BCUT2D eigenvalue weighted by molar-refractivity contribution is 6.45. The fraction of sp³-hybridized carbons (Fsp3) is 0.176. The smallest absolute Gasteiger partial charge is 0.314 e. The third-order valence-corrected chi connectivity index (χ3v) is 3.82. The van der Waals surface area contributed by atoms with Gasteiger partial charge < -0.3 is 15.4 Å². The van der Waals surface area contributed by atoms with Crippen LogP contribution in [0.3, 0.4) is 0 Å². The molecule has 0 fully saturated rings. The van der Waals surface area contributed by atoms with Gasteiger partial charge in [-0.05, 0) is 37.1 Å². The van der Waals surface area contributed by atoms with Crippen LogP contribution in [0.5, 0.6) is 5.75 Å². The number of non-ortho nitro benzene ring substituents is 1. The number of rotatable bonds is 4. The Morgan fingerprint density at radius 2 is 1.77 bits per heavy atom. The summed E-state index contributed by atoms with van der Waals surface area (Å²) in [4.78, 5) is 34.6. The molecule has 8 nitrogen and oxygen atoms in total. The van der Waals surface area contributed by atoms with Gasteiger partial charge in [0.2, 0.25) is 0 Å². The van der Waals surface area contributed by atoms with Crippen LogP contribution in [0, 0.1) is 24.0 Å². The third kappa shape index (κ3) is 4.28. The Hall–Kier alpha value is -3.13. The molecule has 26 heavy (non-hydrogen) atoms. The van der Waals surface area contributed by atoms with E-state index < -0.39 is 16.7 Å². The van der Waals surface area contributed by atoms with Crippen molar-refractivity contribution in [3.8, 4) is 5.75 Å². The Bertz CT molecular complexity index is 875. The van der Waals surface area contributed by atoms with Gasteiger partial charge in [-0.3, -0.25) is 19.7 Å². The fourth-order valence-electron chi connectivity index (χ4n) is 2.33. The van der Waals surface area contributed by atoms with Crippen molar-refractivity contribution in [2.75, 3.05) is 17.7 Å². The van der Waals surface area contributed by atoms with Crippen LogP contribution < -0.4 is 15.4 Å². The van der Waals surface area contributed by atoms with Gasteiger partial charge in [-0.25, -0.2) is 0 Å². The molecule has 0 aliphatic carbocycles. The van der Waals surface area contributed by atoms with Crippen molar-refractivity contribution in [3.05, 3.63) is 56.6 Å². The summed E-state index contributed by atoms with van der Waals surface area (Å²) in [6, 6.07) is 7.12. The Morgan fingerprint density at radius 3 is 2.35 bits per heavy atom. The molecule has 0 atom stereocenters. The molecule has 2 amide bonds. The molecule has 0 unspecified atom stereocenters. The highest BCUT2D eigenvalue weighted by Crippen LogP contribution is 2.30. The van der Waals surface area contributed by atoms with Crippen LogP contribution in [0.4, 0.5) is 17.1 Å². The molecule has 0 saturated heterocycles. The van der Waals surface area contributed by atoms with Gasteiger partial charge in [0.1, 0.15) is 5.75 Å². The molecule has 0 spiro atoms. The van der Waals surface area contributed by atoms with Crippen molar-refractivity contribution in [1.82, 2.24) is 0 Å². The van der Waals surface area contributed by atoms with Crippen LogP contribution in [-0.4, -0.2) is 23.8 Å². The van der Waals surface area contributed by atoms with Gasteiger partial charge in [0, 0.05) is 12.1 Å². The van der Waals surface area contributed by atoms with E-state index in [0.717, 1.165) is 11.6 Å². The van der Waals surface area contributed by atoms with Gasteiger partial charge in [0.25, 0.3) is 5.69 Å². The van der Waals surface area contributed by atoms with E-state index in [0.29, 0.717) is 16.3 Å². The summed E-state index contributed by atoms with van der Waals surface area (Å²) in [7, 11) is 1.34. The minimum absolute atomic E-state index is 0.00794. The monoisotopic (exact) mass is 377 g/mol. The number of nitrogens with zero attached hydrogens (tertiary/aromatic N) is 1. The van der Waals surface area contributed by atoms with Gasteiger partial charge >= 0.3 is 11.8 Å². The number of nitro groups is 1. The zero-order valence-corrected chi connectivity index (χ0v) is 15.0. The highest BCUT2D eigenvalue weighted by Gasteiger charge is 2.20. The summed E-state index contributed by atoms with van der Waals surface area (Å²) in [5, 5.41) is 15.9. The molecule has 2 N–H and O–H groups in total. The number of methoxy groups -OCH3 is 1. The van der Waals surface area contributed by atoms with Crippen LogP contribution in [0.1, 0.15) is 11.1 Å². The highest BCUT2D eigenvalue weighted by atomic mass is 35.5. The fourth-order valence-corrected chi connectivity index (χ4v) is 2.70. The first kappa shape index (κ1) is 19.2. The predicted octanol–water partition coefficient (Wildman–Crippen LogP) is 3.45. The number of benzene rings is 2. The molecular formula is C17H16ClN3O5. The van der Waals surface area contributed by atoms with Crippen molar-refractivity contribution in [1.29, 1.82) is 0 Å². The van der Waals surface area contributed by atoms with Crippen LogP contribution in [0.25, 0.3) is 0 Å².